The molecule has 7 nitrogen and oxygen atoms in total. The summed E-state index contributed by atoms with van der Waals surface area (Å²) in [6.45, 7) is 15.7. The van der Waals surface area contributed by atoms with Gasteiger partial charge in [-0.05, 0) is 126 Å². The topological polar surface area (TPSA) is 50.8 Å². The Morgan fingerprint density at radius 1 is 0.476 bits per heavy atom. The van der Waals surface area contributed by atoms with Gasteiger partial charge in [0.2, 0.25) is 5.78 Å². The molecule has 1 aliphatic carbocycles. The molecule has 84 heavy (non-hydrogen) atoms. The number of nitrogens with zero attached hydrogens (tertiary/aromatic N) is 6. The molecule has 0 radical (unpaired) electrons. The van der Waals surface area contributed by atoms with Gasteiger partial charge in [0.1, 0.15) is 5.82 Å². The van der Waals surface area contributed by atoms with Crippen LogP contribution in [0, 0.1) is 18.8 Å². The predicted octanol–water partition coefficient (Wildman–Crippen LogP) is 18.9. The number of ether oxygens (including phenoxy) is 1. The van der Waals surface area contributed by atoms with Gasteiger partial charge in [-0.2, -0.15) is 6.07 Å². The van der Waals surface area contributed by atoms with Crippen LogP contribution in [0.3, 0.4) is 0 Å². The Bertz CT molecular complexity index is 4560. The van der Waals surface area contributed by atoms with Crippen LogP contribution in [-0.4, -0.2) is 18.9 Å². The fourth-order valence-electron chi connectivity index (χ4n) is 12.9. The van der Waals surface area contributed by atoms with Crippen molar-refractivity contribution in [1.29, 1.82) is 0 Å². The molecule has 0 bridgehead atoms. The summed E-state index contributed by atoms with van der Waals surface area (Å²) in [5.74, 6) is 2.63. The minimum Gasteiger partial charge on any atom is -0.509 e. The third kappa shape index (κ3) is 8.50. The second-order valence-electron chi connectivity index (χ2n) is 23.9. The number of fused-ring (bicyclic) bond motifs is 9. The Kier molecular flexibility index (Phi) is 12.7. The van der Waals surface area contributed by atoms with Crippen LogP contribution in [0.5, 0.6) is 11.5 Å². The van der Waals surface area contributed by atoms with Crippen LogP contribution in [0.4, 0.5) is 22.7 Å². The van der Waals surface area contributed by atoms with Crippen LogP contribution < -0.4 is 14.5 Å². The van der Waals surface area contributed by atoms with Crippen LogP contribution in [0.2, 0.25) is 0 Å². The molecular weight excluding hydrogens is 1210 g/mol. The van der Waals surface area contributed by atoms with E-state index in [4.69, 9.17) is 14.7 Å². The van der Waals surface area contributed by atoms with Gasteiger partial charge in [0.15, 0.2) is 0 Å². The van der Waals surface area contributed by atoms with Crippen molar-refractivity contribution in [2.75, 3.05) is 9.80 Å². The second-order valence-corrected chi connectivity index (χ2v) is 23.9. The molecule has 13 aromatic rings. The number of anilines is 4. The molecule has 0 atom stereocenters. The number of hydrogen-bond donors (Lipinski definition) is 0. The maximum Gasteiger partial charge on any atom is 0.208 e. The van der Waals surface area contributed by atoms with E-state index in [9.17, 15) is 0 Å². The summed E-state index contributed by atoms with van der Waals surface area (Å²) in [4.78, 5) is 14.7. The van der Waals surface area contributed by atoms with E-state index in [1.54, 1.807) is 0 Å². The molecular formula is C76H59N6OPt-3. The molecule has 15 rings (SSSR count). The average molecular weight is 1270 g/mol. The van der Waals surface area contributed by atoms with E-state index >= 15 is 0 Å². The third-order valence-corrected chi connectivity index (χ3v) is 16.9. The molecule has 3 aromatic heterocycles. The van der Waals surface area contributed by atoms with E-state index in [1.165, 1.54) is 44.5 Å². The van der Waals surface area contributed by atoms with E-state index in [0.717, 1.165) is 78.7 Å². The molecule has 0 saturated heterocycles. The van der Waals surface area contributed by atoms with E-state index in [2.05, 4.69) is 291 Å². The quantitative estimate of drug-likeness (QED) is 0.135. The molecule has 0 amide bonds. The van der Waals surface area contributed by atoms with E-state index in [-0.39, 0.29) is 31.9 Å². The number of pyridine rings is 1. The summed E-state index contributed by atoms with van der Waals surface area (Å²) in [5.41, 5.74) is 21.3. The van der Waals surface area contributed by atoms with Gasteiger partial charge in [0.25, 0.3) is 0 Å². The Hall–Kier alpha value is -9.29. The molecule has 1 aliphatic heterocycles. The largest absolute Gasteiger partial charge is 0.509 e. The molecule has 0 fully saturated rings. The first-order chi connectivity index (χ1) is 40.4. The van der Waals surface area contributed by atoms with Crippen LogP contribution >= 0.6 is 0 Å². The SMILES string of the molecule is CC(C)(C)c1ccc(C2(c3cc(-c4ccccc4)c(N4[CH-]N(c5[c-]c(Oc6[c-]c7c(cc6)n6c8ccccc8nc6n7-c6cc(C(C)(C)C)ccn6)ccc5)c5ccccc54)c(-c4ccccc4)c3)c3ccccc3-c3ccccc32)cc1.[Pt]. The monoisotopic (exact) mass is 1270 g/mol. The number of aromatic nitrogens is 4. The zero-order valence-electron chi connectivity index (χ0n) is 47.6. The first kappa shape index (κ1) is 52.8. The van der Waals surface area contributed by atoms with Crippen molar-refractivity contribution >= 4 is 50.6 Å². The van der Waals surface area contributed by atoms with Gasteiger partial charge >= 0.3 is 0 Å². The van der Waals surface area contributed by atoms with Crippen LogP contribution in [0.1, 0.15) is 74.9 Å². The van der Waals surface area contributed by atoms with Crippen LogP contribution in [0.25, 0.3) is 67.0 Å². The van der Waals surface area contributed by atoms with Crippen LogP contribution in [-0.2, 0) is 37.3 Å². The summed E-state index contributed by atoms with van der Waals surface area (Å²) in [6, 6.07) is 92.9. The summed E-state index contributed by atoms with van der Waals surface area (Å²) in [5, 5.41) is 0. The average Bonchev–Trinajstić information content (AvgIpc) is 1.93. The first-order valence-electron chi connectivity index (χ1n) is 28.6. The number of para-hydroxylation sites is 4. The minimum atomic E-state index is -0.651. The predicted molar refractivity (Wildman–Crippen MR) is 339 cm³/mol. The van der Waals surface area contributed by atoms with E-state index in [1.807, 2.05) is 30.5 Å². The maximum absolute atomic E-state index is 6.82. The Labute approximate surface area is 505 Å². The van der Waals surface area contributed by atoms with Gasteiger partial charge in [-0.15, -0.1) is 48.8 Å². The van der Waals surface area contributed by atoms with Crippen molar-refractivity contribution < 1.29 is 25.8 Å². The van der Waals surface area contributed by atoms with Gasteiger partial charge in [-0.1, -0.05) is 199 Å². The summed E-state index contributed by atoms with van der Waals surface area (Å²) >= 11 is 0. The molecule has 0 N–H and O–H groups in total. The molecule has 4 heterocycles. The fraction of sp³-hybridized carbons (Fsp3) is 0.118. The van der Waals surface area contributed by atoms with Gasteiger partial charge in [-0.25, -0.2) is 9.97 Å². The van der Waals surface area contributed by atoms with Crippen LogP contribution in [0.15, 0.2) is 243 Å². The number of hydrogen-bond acceptors (Lipinski definition) is 5. The standard InChI is InChI=1S/C76H59N6O.Pt/c1-74(2,3)52-36-38-53(39-37-52)76(63-30-15-13-28-59(63)60-29-14-16-31-64(60)76)55-44-61(50-22-9-7-10-23-50)72(62(45-55)51-24-11-8-12-25-51)80-49-79(67-34-19-20-35-68(67)80)56-26-21-27-57(47-56)83-58-40-41-69-70(48-58)82(71-46-54(42-43-77-71)75(4,5)6)73-78-65-32-17-18-33-66(65)81(69)73;/h7-46,49H,1-6H3;/q-3;. The fourth-order valence-corrected chi connectivity index (χ4v) is 12.9. The molecule has 0 unspecified atom stereocenters. The normalized spacial score (nSPS) is 13.5. The smallest absolute Gasteiger partial charge is 0.208 e. The zero-order chi connectivity index (χ0) is 56.2. The van der Waals surface area contributed by atoms with Gasteiger partial charge in [-0.3, -0.25) is 4.57 Å². The molecule has 2 aliphatic rings. The van der Waals surface area contributed by atoms with Crippen molar-refractivity contribution in [2.45, 2.75) is 57.8 Å². The molecule has 0 spiro atoms. The summed E-state index contributed by atoms with van der Waals surface area (Å²) in [7, 11) is 0. The number of rotatable bonds is 9. The molecule has 412 valence electrons. The summed E-state index contributed by atoms with van der Waals surface area (Å²) in [6.07, 6.45) is 1.88. The minimum absolute atomic E-state index is 0. The second kappa shape index (κ2) is 20.3. The zero-order valence-corrected chi connectivity index (χ0v) is 49.9. The van der Waals surface area contributed by atoms with E-state index in [0.29, 0.717) is 11.5 Å². The molecule has 8 heteroatoms. The third-order valence-electron chi connectivity index (χ3n) is 16.9. The van der Waals surface area contributed by atoms with Crippen molar-refractivity contribution in [3.8, 4) is 50.7 Å². The summed E-state index contributed by atoms with van der Waals surface area (Å²) < 4.78 is 11.1. The molecule has 10 aromatic carbocycles. The number of imidazole rings is 2. The van der Waals surface area contributed by atoms with Gasteiger partial charge in [0, 0.05) is 67.0 Å². The molecule has 0 saturated carbocycles. The van der Waals surface area contributed by atoms with E-state index < -0.39 is 5.41 Å². The van der Waals surface area contributed by atoms with Crippen molar-refractivity contribution in [2.24, 2.45) is 0 Å². The Balaban J connectivity index is 0.00000627. The first-order valence-corrected chi connectivity index (χ1v) is 28.6. The van der Waals surface area contributed by atoms with Gasteiger partial charge < -0.3 is 18.9 Å². The van der Waals surface area contributed by atoms with Crippen molar-refractivity contribution in [3.05, 3.63) is 295 Å². The Morgan fingerprint density at radius 3 is 1.71 bits per heavy atom. The number of benzene rings is 10. The van der Waals surface area contributed by atoms with Gasteiger partial charge in [0.05, 0.1) is 16.4 Å². The Morgan fingerprint density at radius 2 is 1.06 bits per heavy atom. The maximum atomic E-state index is 6.82. The van der Waals surface area contributed by atoms with Crippen molar-refractivity contribution in [1.82, 2.24) is 18.9 Å². The van der Waals surface area contributed by atoms with Crippen molar-refractivity contribution in [3.63, 3.8) is 0 Å².